The summed E-state index contributed by atoms with van der Waals surface area (Å²) < 4.78 is 0. The minimum Gasteiger partial charge on any atom is -0.356 e. The molecule has 3 rings (SSSR count). The van der Waals surface area contributed by atoms with Crippen molar-refractivity contribution in [2.24, 2.45) is 10.9 Å². The number of hydrogen-bond acceptors (Lipinski definition) is 3. The lowest BCUT2D eigenvalue weighted by Gasteiger charge is -2.34. The normalized spacial score (nSPS) is 16.2. The van der Waals surface area contributed by atoms with Gasteiger partial charge in [-0.2, -0.15) is 0 Å². The van der Waals surface area contributed by atoms with Crippen LogP contribution < -0.4 is 5.32 Å². The second-order valence-electron chi connectivity index (χ2n) is 6.71. The van der Waals surface area contributed by atoms with Crippen LogP contribution >= 0.6 is 11.3 Å². The Balaban J connectivity index is 1.42. The number of hydrogen-bond donors (Lipinski definition) is 1. The number of piperidine rings is 1. The number of rotatable bonds is 5. The van der Waals surface area contributed by atoms with E-state index in [4.69, 9.17) is 0 Å². The summed E-state index contributed by atoms with van der Waals surface area (Å²) in [6.45, 7) is 5.18. The van der Waals surface area contributed by atoms with Crippen LogP contribution in [-0.2, 0) is 12.8 Å². The molecule has 0 atom stereocenters. The molecule has 4 nitrogen and oxygen atoms in total. The smallest absolute Gasteiger partial charge is 0.193 e. The highest BCUT2D eigenvalue weighted by molar-refractivity contribution is 7.11. The fourth-order valence-electron chi connectivity index (χ4n) is 3.43. The van der Waals surface area contributed by atoms with E-state index < -0.39 is 0 Å². The van der Waals surface area contributed by atoms with Crippen molar-refractivity contribution in [1.82, 2.24) is 15.2 Å². The lowest BCUT2D eigenvalue weighted by atomic mass is 9.90. The van der Waals surface area contributed by atoms with E-state index in [1.807, 2.05) is 13.2 Å². The van der Waals surface area contributed by atoms with Crippen molar-refractivity contribution in [1.29, 1.82) is 0 Å². The Hall–Kier alpha value is -1.88. The van der Waals surface area contributed by atoms with Crippen LogP contribution in [0.15, 0.2) is 41.5 Å². The fourth-order valence-corrected chi connectivity index (χ4v) is 4.21. The molecular weight excluding hydrogens is 328 g/mol. The van der Waals surface area contributed by atoms with E-state index in [2.05, 4.69) is 57.4 Å². The average Bonchev–Trinajstić information content (AvgIpc) is 3.06. The van der Waals surface area contributed by atoms with Gasteiger partial charge in [0.1, 0.15) is 0 Å². The van der Waals surface area contributed by atoms with E-state index in [9.17, 15) is 0 Å². The summed E-state index contributed by atoms with van der Waals surface area (Å²) in [5, 5.41) is 4.70. The van der Waals surface area contributed by atoms with Crippen molar-refractivity contribution in [3.05, 3.63) is 52.0 Å². The van der Waals surface area contributed by atoms with Gasteiger partial charge in [-0.25, -0.2) is 4.98 Å². The zero-order chi connectivity index (χ0) is 17.5. The SMILES string of the molecule is CN=C(NCCc1ncc(C)s1)N1CCC(Cc2ccccc2)CC1. The highest BCUT2D eigenvalue weighted by Gasteiger charge is 2.21. The quantitative estimate of drug-likeness (QED) is 0.658. The lowest BCUT2D eigenvalue weighted by Crippen LogP contribution is -2.46. The van der Waals surface area contributed by atoms with Gasteiger partial charge in [0.15, 0.2) is 5.96 Å². The minimum absolute atomic E-state index is 0.787. The van der Waals surface area contributed by atoms with Crippen LogP contribution in [0.3, 0.4) is 0 Å². The van der Waals surface area contributed by atoms with Gasteiger partial charge in [0.2, 0.25) is 0 Å². The molecule has 2 heterocycles. The average molecular weight is 357 g/mol. The number of aliphatic imine (C=N–C) groups is 1. The van der Waals surface area contributed by atoms with Crippen molar-refractivity contribution >= 4 is 17.3 Å². The Kier molecular flexibility index (Phi) is 6.45. The van der Waals surface area contributed by atoms with Crippen LogP contribution in [0.4, 0.5) is 0 Å². The van der Waals surface area contributed by atoms with Crippen molar-refractivity contribution in [2.75, 3.05) is 26.7 Å². The number of nitrogens with zero attached hydrogens (tertiary/aromatic N) is 3. The summed E-state index contributed by atoms with van der Waals surface area (Å²) >= 11 is 1.78. The zero-order valence-electron chi connectivity index (χ0n) is 15.2. The molecule has 2 aromatic rings. The number of likely N-dealkylation sites (tertiary alicyclic amines) is 1. The number of nitrogens with one attached hydrogen (secondary N) is 1. The van der Waals surface area contributed by atoms with E-state index in [1.54, 1.807) is 11.3 Å². The summed E-state index contributed by atoms with van der Waals surface area (Å²) in [6, 6.07) is 10.9. The van der Waals surface area contributed by atoms with Gasteiger partial charge in [0.25, 0.3) is 0 Å². The molecule has 1 saturated heterocycles. The van der Waals surface area contributed by atoms with E-state index in [0.29, 0.717) is 0 Å². The molecule has 0 aliphatic carbocycles. The molecule has 0 radical (unpaired) electrons. The Morgan fingerprint density at radius 1 is 1.28 bits per heavy atom. The molecule has 1 aliphatic heterocycles. The van der Waals surface area contributed by atoms with Crippen molar-refractivity contribution in [3.63, 3.8) is 0 Å². The van der Waals surface area contributed by atoms with E-state index >= 15 is 0 Å². The second-order valence-corrected chi connectivity index (χ2v) is 8.03. The van der Waals surface area contributed by atoms with E-state index in [0.717, 1.165) is 37.9 Å². The second kappa shape index (κ2) is 8.99. The lowest BCUT2D eigenvalue weighted by molar-refractivity contribution is 0.259. The Bertz CT molecular complexity index is 672. The molecule has 0 unspecified atom stereocenters. The van der Waals surface area contributed by atoms with Gasteiger partial charge in [-0.05, 0) is 37.7 Å². The number of thiazole rings is 1. The minimum atomic E-state index is 0.787. The first-order chi connectivity index (χ1) is 12.2. The van der Waals surface area contributed by atoms with Gasteiger partial charge in [-0.1, -0.05) is 30.3 Å². The molecule has 1 aromatic heterocycles. The first kappa shape index (κ1) is 17.9. The maximum absolute atomic E-state index is 4.47. The topological polar surface area (TPSA) is 40.5 Å². The van der Waals surface area contributed by atoms with E-state index in [-0.39, 0.29) is 0 Å². The third-order valence-corrected chi connectivity index (χ3v) is 5.76. The Morgan fingerprint density at radius 3 is 2.68 bits per heavy atom. The predicted octanol–water partition coefficient (Wildman–Crippen LogP) is 3.52. The predicted molar refractivity (Wildman–Crippen MR) is 106 cm³/mol. The highest BCUT2D eigenvalue weighted by Crippen LogP contribution is 2.21. The van der Waals surface area contributed by atoms with Gasteiger partial charge >= 0.3 is 0 Å². The molecule has 25 heavy (non-hydrogen) atoms. The summed E-state index contributed by atoms with van der Waals surface area (Å²) in [7, 11) is 1.88. The Labute approximate surface area is 155 Å². The summed E-state index contributed by atoms with van der Waals surface area (Å²) in [4.78, 5) is 12.6. The summed E-state index contributed by atoms with van der Waals surface area (Å²) in [6.07, 6.45) is 6.58. The van der Waals surface area contributed by atoms with Crippen LogP contribution in [0.1, 0.15) is 28.3 Å². The van der Waals surface area contributed by atoms with Gasteiger partial charge in [0.05, 0.1) is 5.01 Å². The molecular formula is C20H28N4S. The number of aryl methyl sites for hydroxylation is 1. The van der Waals surface area contributed by atoms with Crippen LogP contribution in [0.5, 0.6) is 0 Å². The molecule has 1 N–H and O–H groups in total. The van der Waals surface area contributed by atoms with Crippen LogP contribution in [-0.4, -0.2) is 42.5 Å². The van der Waals surface area contributed by atoms with Gasteiger partial charge < -0.3 is 10.2 Å². The maximum Gasteiger partial charge on any atom is 0.193 e. The first-order valence-corrected chi connectivity index (χ1v) is 9.97. The molecule has 1 aliphatic rings. The molecule has 1 fully saturated rings. The summed E-state index contributed by atoms with van der Waals surface area (Å²) in [5.41, 5.74) is 1.46. The molecule has 134 valence electrons. The van der Waals surface area contributed by atoms with Gasteiger partial charge in [-0.3, -0.25) is 4.99 Å². The Morgan fingerprint density at radius 2 is 2.04 bits per heavy atom. The number of benzene rings is 1. The number of guanidine groups is 1. The fraction of sp³-hybridized carbons (Fsp3) is 0.500. The molecule has 0 saturated carbocycles. The first-order valence-electron chi connectivity index (χ1n) is 9.15. The van der Waals surface area contributed by atoms with Crippen molar-refractivity contribution < 1.29 is 0 Å². The molecule has 5 heteroatoms. The van der Waals surface area contributed by atoms with Crippen LogP contribution in [0.2, 0.25) is 0 Å². The highest BCUT2D eigenvalue weighted by atomic mass is 32.1. The van der Waals surface area contributed by atoms with Gasteiger partial charge in [-0.15, -0.1) is 11.3 Å². The third kappa shape index (κ3) is 5.30. The monoisotopic (exact) mass is 356 g/mol. The third-order valence-electron chi connectivity index (χ3n) is 4.78. The standard InChI is InChI=1S/C20H28N4S/c1-16-15-23-19(25-16)8-11-22-20(21-2)24-12-9-18(10-13-24)14-17-6-4-3-5-7-17/h3-7,15,18H,8-14H2,1-2H3,(H,21,22). The van der Waals surface area contributed by atoms with Crippen molar-refractivity contribution in [3.8, 4) is 0 Å². The molecule has 0 spiro atoms. The maximum atomic E-state index is 4.47. The molecule has 0 bridgehead atoms. The van der Waals surface area contributed by atoms with Crippen LogP contribution in [0.25, 0.3) is 0 Å². The van der Waals surface area contributed by atoms with E-state index in [1.165, 1.54) is 34.7 Å². The van der Waals surface area contributed by atoms with Crippen molar-refractivity contribution in [2.45, 2.75) is 32.6 Å². The molecule has 1 aromatic carbocycles. The van der Waals surface area contributed by atoms with Crippen LogP contribution in [0, 0.1) is 12.8 Å². The number of aromatic nitrogens is 1. The largest absolute Gasteiger partial charge is 0.356 e. The zero-order valence-corrected chi connectivity index (χ0v) is 16.1. The summed E-state index contributed by atoms with van der Waals surface area (Å²) in [5.74, 6) is 1.82. The molecule has 0 amide bonds. The van der Waals surface area contributed by atoms with Gasteiger partial charge in [0, 0.05) is 44.2 Å².